The Kier molecular flexibility index (Phi) is 7.64. The van der Waals surface area contributed by atoms with Crippen molar-refractivity contribution >= 4 is 5.97 Å². The van der Waals surface area contributed by atoms with E-state index in [-0.39, 0.29) is 5.92 Å². The van der Waals surface area contributed by atoms with Crippen LogP contribution in [0.3, 0.4) is 0 Å². The number of rotatable bonds is 6. The third-order valence-electron chi connectivity index (χ3n) is 7.08. The molecule has 0 unspecified atom stereocenters. The number of carbonyl (C=O) groups excluding carboxylic acids is 1. The van der Waals surface area contributed by atoms with Gasteiger partial charge in [-0.2, -0.15) is 9.65 Å². The van der Waals surface area contributed by atoms with Crippen molar-refractivity contribution in [3.05, 3.63) is 29.3 Å². The summed E-state index contributed by atoms with van der Waals surface area (Å²) in [6.07, 6.45) is 12.8. The lowest BCUT2D eigenvalue weighted by molar-refractivity contribution is -0.140. The predicted octanol–water partition coefficient (Wildman–Crippen LogP) is 6.54. The van der Waals surface area contributed by atoms with Crippen molar-refractivity contribution in [3.8, 4) is 11.8 Å². The minimum absolute atomic E-state index is 0.260. The van der Waals surface area contributed by atoms with E-state index in [4.69, 9.17) is 10.00 Å². The molecule has 5 heteroatoms. The molecule has 0 aliphatic heterocycles. The molecule has 3 nitrogen and oxygen atoms in total. The fraction of sp³-hybridized carbons (Fsp3) is 0.667. The molecule has 0 N–H and O–H groups in total. The number of halogens is 2. The van der Waals surface area contributed by atoms with Crippen molar-refractivity contribution in [2.45, 2.75) is 77.6 Å². The molecule has 2 fully saturated rings. The summed E-state index contributed by atoms with van der Waals surface area (Å²) in [5.41, 5.74) is -0.397. The number of benzene rings is 1. The highest BCUT2D eigenvalue weighted by molar-refractivity contribution is 5.75. The van der Waals surface area contributed by atoms with Gasteiger partial charge in [0.05, 0.1) is 11.5 Å². The Balaban J connectivity index is 1.42. The summed E-state index contributed by atoms with van der Waals surface area (Å²) in [6, 6.07) is 3.85. The number of esters is 1. The Bertz CT molecular complexity index is 742. The topological polar surface area (TPSA) is 50.1 Å². The molecular formula is C24H31F2NO2. The molecule has 0 atom stereocenters. The van der Waals surface area contributed by atoms with E-state index in [1.165, 1.54) is 44.9 Å². The maximum absolute atomic E-state index is 14.0. The second-order valence-corrected chi connectivity index (χ2v) is 8.86. The molecule has 2 saturated carbocycles. The van der Waals surface area contributed by atoms with Crippen LogP contribution in [-0.2, 0) is 4.79 Å². The lowest BCUT2D eigenvalue weighted by Gasteiger charge is -2.31. The van der Waals surface area contributed by atoms with E-state index in [1.807, 2.05) is 0 Å². The van der Waals surface area contributed by atoms with E-state index >= 15 is 0 Å². The number of nitriles is 1. The van der Waals surface area contributed by atoms with Gasteiger partial charge < -0.3 is 4.74 Å². The van der Waals surface area contributed by atoms with Crippen molar-refractivity contribution in [1.82, 2.24) is 0 Å². The average molecular weight is 404 g/mol. The van der Waals surface area contributed by atoms with E-state index < -0.39 is 28.9 Å². The minimum Gasteiger partial charge on any atom is -0.423 e. The molecule has 3 rings (SSSR count). The molecule has 0 amide bonds. The van der Waals surface area contributed by atoms with Gasteiger partial charge in [0.2, 0.25) is 5.82 Å². The van der Waals surface area contributed by atoms with Crippen LogP contribution in [0.15, 0.2) is 12.1 Å². The monoisotopic (exact) mass is 403 g/mol. The van der Waals surface area contributed by atoms with Gasteiger partial charge in [-0.3, -0.25) is 4.79 Å². The lowest BCUT2D eigenvalue weighted by Crippen LogP contribution is -2.26. The first-order chi connectivity index (χ1) is 14.0. The summed E-state index contributed by atoms with van der Waals surface area (Å²) in [5.74, 6) is -1.27. The largest absolute Gasteiger partial charge is 0.423 e. The quantitative estimate of drug-likeness (QED) is 0.400. The summed E-state index contributed by atoms with van der Waals surface area (Å²) in [7, 11) is 0. The number of hydrogen-bond acceptors (Lipinski definition) is 3. The van der Waals surface area contributed by atoms with Crippen LogP contribution in [0.1, 0.15) is 83.1 Å². The van der Waals surface area contributed by atoms with Crippen LogP contribution in [0.25, 0.3) is 0 Å². The van der Waals surface area contributed by atoms with E-state index in [1.54, 1.807) is 6.07 Å². The van der Waals surface area contributed by atoms with E-state index in [0.717, 1.165) is 49.7 Å². The average Bonchev–Trinajstić information content (AvgIpc) is 2.76. The van der Waals surface area contributed by atoms with Gasteiger partial charge in [-0.25, -0.2) is 4.39 Å². The van der Waals surface area contributed by atoms with Gasteiger partial charge in [0.15, 0.2) is 11.6 Å². The third-order valence-corrected chi connectivity index (χ3v) is 7.08. The van der Waals surface area contributed by atoms with E-state index in [0.29, 0.717) is 5.92 Å². The van der Waals surface area contributed by atoms with Crippen molar-refractivity contribution in [2.24, 2.45) is 23.7 Å². The first-order valence-electron chi connectivity index (χ1n) is 11.1. The maximum atomic E-state index is 14.0. The smallest absolute Gasteiger partial charge is 0.314 e. The van der Waals surface area contributed by atoms with Crippen molar-refractivity contribution < 1.29 is 18.3 Å². The molecular weight excluding hydrogens is 372 g/mol. The summed E-state index contributed by atoms with van der Waals surface area (Å²) >= 11 is 0. The fourth-order valence-electron chi connectivity index (χ4n) is 4.98. The zero-order valence-electron chi connectivity index (χ0n) is 17.3. The lowest BCUT2D eigenvalue weighted by atomic mass is 9.75. The van der Waals surface area contributed by atoms with Gasteiger partial charge in [0.1, 0.15) is 6.07 Å². The Morgan fingerprint density at radius 2 is 1.52 bits per heavy atom. The second-order valence-electron chi connectivity index (χ2n) is 8.86. The highest BCUT2D eigenvalue weighted by Gasteiger charge is 2.29. The molecule has 29 heavy (non-hydrogen) atoms. The van der Waals surface area contributed by atoms with Gasteiger partial charge in [-0.05, 0) is 55.6 Å². The Labute approximate surface area is 172 Å². The SMILES string of the molecule is CC[C@H]1CC[C@H](CCC2CCC(C(=O)Oc3ccc(C#N)c(F)c3F)CC2)CC1. The van der Waals surface area contributed by atoms with Gasteiger partial charge in [0, 0.05) is 0 Å². The van der Waals surface area contributed by atoms with Crippen molar-refractivity contribution in [1.29, 1.82) is 5.26 Å². The third kappa shape index (κ3) is 5.56. The van der Waals surface area contributed by atoms with Crippen LogP contribution >= 0.6 is 0 Å². The molecule has 158 valence electrons. The van der Waals surface area contributed by atoms with Crippen molar-refractivity contribution in [2.75, 3.05) is 0 Å². The zero-order chi connectivity index (χ0) is 20.8. The van der Waals surface area contributed by atoms with E-state index in [2.05, 4.69) is 6.92 Å². The van der Waals surface area contributed by atoms with Crippen LogP contribution in [0.5, 0.6) is 5.75 Å². The maximum Gasteiger partial charge on any atom is 0.314 e. The molecule has 2 aliphatic carbocycles. The first kappa shape index (κ1) is 21.7. The van der Waals surface area contributed by atoms with E-state index in [9.17, 15) is 13.6 Å². The van der Waals surface area contributed by atoms with Gasteiger partial charge in [-0.15, -0.1) is 0 Å². The summed E-state index contributed by atoms with van der Waals surface area (Å²) in [5, 5.41) is 8.73. The molecule has 2 aliphatic rings. The summed E-state index contributed by atoms with van der Waals surface area (Å²) < 4.78 is 32.8. The molecule has 0 saturated heterocycles. The first-order valence-corrected chi connectivity index (χ1v) is 11.1. The number of ether oxygens (including phenoxy) is 1. The van der Waals surface area contributed by atoms with Gasteiger partial charge >= 0.3 is 5.97 Å². The molecule has 1 aromatic carbocycles. The minimum atomic E-state index is -1.27. The molecule has 0 radical (unpaired) electrons. The molecule has 1 aromatic rings. The molecule has 0 spiro atoms. The zero-order valence-corrected chi connectivity index (χ0v) is 17.3. The standard InChI is InChI=1S/C24H31F2NO2/c1-2-16-3-5-17(6-4-16)7-8-18-9-11-19(12-10-18)24(28)29-21-14-13-20(15-27)22(25)23(21)26/h13-14,16-19H,2-12H2,1H3/t16-,17-,18?,19?. The Morgan fingerprint density at radius 3 is 2.07 bits per heavy atom. The Hall–Kier alpha value is -1.96. The summed E-state index contributed by atoms with van der Waals surface area (Å²) in [4.78, 5) is 12.4. The normalized spacial score (nSPS) is 27.2. The van der Waals surface area contributed by atoms with Crippen LogP contribution in [0, 0.1) is 46.6 Å². The van der Waals surface area contributed by atoms with Crippen LogP contribution in [0.4, 0.5) is 8.78 Å². The highest BCUT2D eigenvalue weighted by atomic mass is 19.2. The van der Waals surface area contributed by atoms with Crippen LogP contribution in [0.2, 0.25) is 0 Å². The molecule has 0 aromatic heterocycles. The van der Waals surface area contributed by atoms with Crippen LogP contribution < -0.4 is 4.74 Å². The predicted molar refractivity (Wildman–Crippen MR) is 107 cm³/mol. The fourth-order valence-corrected chi connectivity index (χ4v) is 4.98. The van der Waals surface area contributed by atoms with Gasteiger partial charge in [0.25, 0.3) is 0 Å². The molecule has 0 heterocycles. The molecule has 0 bridgehead atoms. The number of nitrogens with zero attached hydrogens (tertiary/aromatic N) is 1. The van der Waals surface area contributed by atoms with Gasteiger partial charge in [-0.1, -0.05) is 51.9 Å². The summed E-state index contributed by atoms with van der Waals surface area (Å²) in [6.45, 7) is 2.29. The Morgan fingerprint density at radius 1 is 0.966 bits per heavy atom. The van der Waals surface area contributed by atoms with Crippen molar-refractivity contribution in [3.63, 3.8) is 0 Å². The number of carbonyl (C=O) groups is 1. The second kappa shape index (κ2) is 10.2. The van der Waals surface area contributed by atoms with Crippen LogP contribution in [-0.4, -0.2) is 5.97 Å². The number of hydrogen-bond donors (Lipinski definition) is 0. The highest BCUT2D eigenvalue weighted by Crippen LogP contribution is 2.37.